The van der Waals surface area contributed by atoms with Crippen molar-refractivity contribution in [2.45, 2.75) is 5.88 Å². The number of hydrogen-bond acceptors (Lipinski definition) is 2. The number of allylic oxidation sites excluding steroid dienone is 1. The van der Waals surface area contributed by atoms with Crippen LogP contribution in [-0.4, -0.2) is 12.9 Å². The number of carbonyl (C=O) groups excluding carboxylic acids is 1. The largest absolute Gasteiger partial charge is 0.496 e. The van der Waals surface area contributed by atoms with Crippen molar-refractivity contribution in [3.63, 3.8) is 0 Å². The van der Waals surface area contributed by atoms with Crippen molar-refractivity contribution in [1.29, 1.82) is 0 Å². The van der Waals surface area contributed by atoms with E-state index in [1.807, 2.05) is 30.3 Å². The van der Waals surface area contributed by atoms with Crippen LogP contribution in [0.5, 0.6) is 5.75 Å². The van der Waals surface area contributed by atoms with Gasteiger partial charge in [-0.3, -0.25) is 4.79 Å². The zero-order valence-corrected chi connectivity index (χ0v) is 16.0. The predicted molar refractivity (Wildman–Crippen MR) is 108 cm³/mol. The Labute approximate surface area is 160 Å². The Hall–Kier alpha value is -2.10. The smallest absolute Gasteiger partial charge is 0.185 e. The summed E-state index contributed by atoms with van der Waals surface area (Å²) in [5.41, 5.74) is 2.35. The van der Waals surface area contributed by atoms with Crippen LogP contribution >= 0.6 is 27.5 Å². The molecule has 0 amide bonds. The molecule has 0 atom stereocenters. The van der Waals surface area contributed by atoms with Gasteiger partial charge in [0.05, 0.1) is 13.0 Å². The molecule has 0 bridgehead atoms. The van der Waals surface area contributed by atoms with Crippen molar-refractivity contribution >= 4 is 50.2 Å². The number of carbonyl (C=O) groups is 1. The third kappa shape index (κ3) is 3.78. The van der Waals surface area contributed by atoms with E-state index in [4.69, 9.17) is 16.3 Å². The maximum atomic E-state index is 12.5. The number of ether oxygens (including phenoxy) is 1. The van der Waals surface area contributed by atoms with Gasteiger partial charge in [-0.05, 0) is 62.6 Å². The van der Waals surface area contributed by atoms with E-state index in [1.54, 1.807) is 31.4 Å². The highest BCUT2D eigenvalue weighted by Gasteiger charge is 2.08. The van der Waals surface area contributed by atoms with Crippen molar-refractivity contribution in [1.82, 2.24) is 0 Å². The summed E-state index contributed by atoms with van der Waals surface area (Å²) in [4.78, 5) is 12.5. The standard InChI is InChI=1S/C21H16BrClO2/c1-25-20-11-9-16(12-17(20)13-23)19(24)10-8-15-7-6-14-4-2-3-5-18(14)21(15)22/h2-12H,13H2,1H3/b10-8+. The van der Waals surface area contributed by atoms with Crippen LogP contribution in [0, 0.1) is 0 Å². The fourth-order valence-corrected chi connectivity index (χ4v) is 3.51. The molecule has 3 aromatic rings. The molecule has 0 fully saturated rings. The number of benzene rings is 3. The first-order valence-corrected chi connectivity index (χ1v) is 9.09. The van der Waals surface area contributed by atoms with E-state index in [-0.39, 0.29) is 5.78 Å². The lowest BCUT2D eigenvalue weighted by molar-refractivity contribution is 0.104. The van der Waals surface area contributed by atoms with E-state index < -0.39 is 0 Å². The first-order valence-electron chi connectivity index (χ1n) is 7.76. The van der Waals surface area contributed by atoms with Crippen LogP contribution in [0.4, 0.5) is 0 Å². The fraction of sp³-hybridized carbons (Fsp3) is 0.0952. The van der Waals surface area contributed by atoms with E-state index in [0.717, 1.165) is 26.4 Å². The summed E-state index contributed by atoms with van der Waals surface area (Å²) >= 11 is 9.55. The third-order valence-electron chi connectivity index (χ3n) is 4.02. The predicted octanol–water partition coefficient (Wildman–Crippen LogP) is 6.25. The van der Waals surface area contributed by atoms with Crippen molar-refractivity contribution in [3.8, 4) is 5.75 Å². The van der Waals surface area contributed by atoms with Crippen molar-refractivity contribution in [3.05, 3.63) is 81.8 Å². The molecule has 2 nitrogen and oxygen atoms in total. The van der Waals surface area contributed by atoms with Gasteiger partial charge in [0.25, 0.3) is 0 Å². The molecule has 0 aliphatic heterocycles. The number of rotatable bonds is 5. The average Bonchev–Trinajstić information content (AvgIpc) is 2.66. The van der Waals surface area contributed by atoms with Gasteiger partial charge in [0.15, 0.2) is 5.78 Å². The summed E-state index contributed by atoms with van der Waals surface area (Å²) in [5.74, 6) is 0.909. The number of ketones is 1. The molecule has 25 heavy (non-hydrogen) atoms. The highest BCUT2D eigenvalue weighted by atomic mass is 79.9. The Morgan fingerprint density at radius 2 is 1.96 bits per heavy atom. The van der Waals surface area contributed by atoms with Gasteiger partial charge in [0, 0.05) is 15.6 Å². The van der Waals surface area contributed by atoms with Gasteiger partial charge >= 0.3 is 0 Å². The lowest BCUT2D eigenvalue weighted by Crippen LogP contribution is -1.97. The van der Waals surface area contributed by atoms with Crippen molar-refractivity contribution in [2.75, 3.05) is 7.11 Å². The third-order valence-corrected chi connectivity index (χ3v) is 5.19. The molecule has 3 rings (SSSR count). The second-order valence-corrected chi connectivity index (χ2v) is 6.61. The molecule has 0 aromatic heterocycles. The lowest BCUT2D eigenvalue weighted by Gasteiger charge is -2.07. The first-order chi connectivity index (χ1) is 12.1. The molecule has 0 N–H and O–H groups in total. The van der Waals surface area contributed by atoms with Crippen LogP contribution in [0.15, 0.2) is 65.1 Å². The van der Waals surface area contributed by atoms with Crippen LogP contribution < -0.4 is 4.74 Å². The topological polar surface area (TPSA) is 26.3 Å². The molecular weight excluding hydrogens is 400 g/mol. The van der Waals surface area contributed by atoms with Crippen LogP contribution in [-0.2, 0) is 5.88 Å². The summed E-state index contributed by atoms with van der Waals surface area (Å²) in [6.07, 6.45) is 3.40. The summed E-state index contributed by atoms with van der Waals surface area (Å²) in [7, 11) is 1.59. The first kappa shape index (κ1) is 17.7. The summed E-state index contributed by atoms with van der Waals surface area (Å²) in [6, 6.07) is 17.4. The van der Waals surface area contributed by atoms with Gasteiger partial charge in [-0.25, -0.2) is 0 Å². The summed E-state index contributed by atoms with van der Waals surface area (Å²) in [6.45, 7) is 0. The fourth-order valence-electron chi connectivity index (χ4n) is 2.68. The lowest BCUT2D eigenvalue weighted by atomic mass is 10.0. The molecule has 4 heteroatoms. The van der Waals surface area contributed by atoms with Gasteiger partial charge in [-0.2, -0.15) is 0 Å². The Kier molecular flexibility index (Phi) is 5.57. The van der Waals surface area contributed by atoms with Gasteiger partial charge in [-0.15, -0.1) is 11.6 Å². The van der Waals surface area contributed by atoms with E-state index in [1.165, 1.54) is 0 Å². The van der Waals surface area contributed by atoms with Gasteiger partial charge in [-0.1, -0.05) is 36.4 Å². The number of methoxy groups -OCH3 is 1. The minimum Gasteiger partial charge on any atom is -0.496 e. The molecule has 0 aliphatic carbocycles. The normalized spacial score (nSPS) is 11.2. The van der Waals surface area contributed by atoms with Crippen molar-refractivity contribution in [2.24, 2.45) is 0 Å². The summed E-state index contributed by atoms with van der Waals surface area (Å²) in [5, 5.41) is 2.27. The highest BCUT2D eigenvalue weighted by Crippen LogP contribution is 2.29. The Morgan fingerprint density at radius 1 is 1.16 bits per heavy atom. The zero-order chi connectivity index (χ0) is 17.8. The number of alkyl halides is 1. The van der Waals surface area contributed by atoms with Gasteiger partial charge in [0.1, 0.15) is 5.75 Å². The quantitative estimate of drug-likeness (QED) is 0.280. The Balaban J connectivity index is 1.89. The van der Waals surface area contributed by atoms with Gasteiger partial charge in [0.2, 0.25) is 0 Å². The molecule has 126 valence electrons. The summed E-state index contributed by atoms with van der Waals surface area (Å²) < 4.78 is 6.21. The van der Waals surface area contributed by atoms with Crippen molar-refractivity contribution < 1.29 is 9.53 Å². The second kappa shape index (κ2) is 7.85. The van der Waals surface area contributed by atoms with Crippen LogP contribution in [0.1, 0.15) is 21.5 Å². The maximum absolute atomic E-state index is 12.5. The van der Waals surface area contributed by atoms with Crippen LogP contribution in [0.25, 0.3) is 16.8 Å². The van der Waals surface area contributed by atoms with E-state index in [0.29, 0.717) is 17.2 Å². The molecule has 0 radical (unpaired) electrons. The van der Waals surface area contributed by atoms with E-state index >= 15 is 0 Å². The SMILES string of the molecule is COc1ccc(C(=O)/C=C/c2ccc3ccccc3c2Br)cc1CCl. The maximum Gasteiger partial charge on any atom is 0.185 e. The molecule has 0 spiro atoms. The van der Waals surface area contributed by atoms with Crippen LogP contribution in [0.2, 0.25) is 0 Å². The highest BCUT2D eigenvalue weighted by molar-refractivity contribution is 9.10. The monoisotopic (exact) mass is 414 g/mol. The molecule has 0 saturated carbocycles. The number of hydrogen-bond donors (Lipinski definition) is 0. The number of halogens is 2. The molecule has 0 unspecified atom stereocenters. The molecular formula is C21H16BrClO2. The molecule has 0 aliphatic rings. The Bertz CT molecular complexity index is 963. The molecule has 3 aromatic carbocycles. The van der Waals surface area contributed by atoms with E-state index in [2.05, 4.69) is 28.1 Å². The average molecular weight is 416 g/mol. The molecule has 0 heterocycles. The van der Waals surface area contributed by atoms with Gasteiger partial charge < -0.3 is 4.74 Å². The molecule has 0 saturated heterocycles. The minimum atomic E-state index is -0.0749. The minimum absolute atomic E-state index is 0.0749. The van der Waals surface area contributed by atoms with Crippen LogP contribution in [0.3, 0.4) is 0 Å². The Morgan fingerprint density at radius 3 is 2.72 bits per heavy atom. The second-order valence-electron chi connectivity index (χ2n) is 5.55. The zero-order valence-electron chi connectivity index (χ0n) is 13.6. The van der Waals surface area contributed by atoms with E-state index in [9.17, 15) is 4.79 Å². The number of fused-ring (bicyclic) bond motifs is 1.